The number of pyridine rings is 1. The normalized spacial score (nSPS) is 10.3. The lowest BCUT2D eigenvalue weighted by Crippen LogP contribution is -2.35. The van der Waals surface area contributed by atoms with Gasteiger partial charge in [0.1, 0.15) is 0 Å². The lowest BCUT2D eigenvalue weighted by molar-refractivity contribution is -0.137. The Bertz CT molecular complexity index is 578. The van der Waals surface area contributed by atoms with Gasteiger partial charge < -0.3 is 19.3 Å². The molecule has 1 aromatic rings. The van der Waals surface area contributed by atoms with E-state index >= 15 is 0 Å². The van der Waals surface area contributed by atoms with Crippen LogP contribution in [0.1, 0.15) is 33.1 Å². The molecule has 0 aliphatic heterocycles. The molecular formula is C16H24N2O5. The fraction of sp³-hybridized carbons (Fsp3) is 0.562. The molecule has 128 valence electrons. The van der Waals surface area contributed by atoms with Gasteiger partial charge in [0.15, 0.2) is 12.4 Å². The molecule has 0 saturated heterocycles. The van der Waals surface area contributed by atoms with Crippen molar-refractivity contribution in [1.29, 1.82) is 0 Å². The Morgan fingerprint density at radius 2 is 1.96 bits per heavy atom. The molecule has 0 unspecified atom stereocenters. The van der Waals surface area contributed by atoms with E-state index in [0.717, 1.165) is 0 Å². The number of hydrogen-bond donors (Lipinski definition) is 1. The van der Waals surface area contributed by atoms with Crippen molar-refractivity contribution in [3.05, 3.63) is 28.7 Å². The number of rotatable bonds is 10. The van der Waals surface area contributed by atoms with E-state index in [0.29, 0.717) is 32.5 Å². The van der Waals surface area contributed by atoms with Gasteiger partial charge in [-0.2, -0.15) is 0 Å². The number of carbonyl (C=O) groups excluding carboxylic acids is 1. The fourth-order valence-electron chi connectivity index (χ4n) is 2.17. The Hall–Kier alpha value is -2.31. The second-order valence-corrected chi connectivity index (χ2v) is 5.08. The van der Waals surface area contributed by atoms with Crippen LogP contribution in [0.4, 0.5) is 0 Å². The molecule has 23 heavy (non-hydrogen) atoms. The average molecular weight is 324 g/mol. The Kier molecular flexibility index (Phi) is 7.87. The first kappa shape index (κ1) is 18.7. The van der Waals surface area contributed by atoms with Gasteiger partial charge in [0, 0.05) is 32.3 Å². The Morgan fingerprint density at radius 1 is 1.26 bits per heavy atom. The van der Waals surface area contributed by atoms with E-state index < -0.39 is 5.97 Å². The van der Waals surface area contributed by atoms with Crippen LogP contribution < -0.4 is 10.3 Å². The smallest absolute Gasteiger partial charge is 0.303 e. The minimum Gasteiger partial charge on any atom is -0.481 e. The highest BCUT2D eigenvalue weighted by Gasteiger charge is 2.12. The number of likely N-dealkylation sites (N-methyl/N-ethyl adjacent to an activating group) is 1. The van der Waals surface area contributed by atoms with E-state index in [9.17, 15) is 14.4 Å². The maximum absolute atomic E-state index is 12.2. The van der Waals surface area contributed by atoms with Crippen molar-refractivity contribution < 1.29 is 19.4 Å². The molecule has 7 heteroatoms. The van der Waals surface area contributed by atoms with Crippen molar-refractivity contribution in [2.45, 2.75) is 39.7 Å². The second kappa shape index (κ2) is 9.66. The van der Waals surface area contributed by atoms with E-state index in [-0.39, 0.29) is 30.2 Å². The fourth-order valence-corrected chi connectivity index (χ4v) is 2.17. The van der Waals surface area contributed by atoms with Crippen molar-refractivity contribution in [1.82, 2.24) is 9.47 Å². The summed E-state index contributed by atoms with van der Waals surface area (Å²) in [5.41, 5.74) is -0.310. The minimum atomic E-state index is -0.843. The quantitative estimate of drug-likeness (QED) is 0.656. The number of nitrogens with zero attached hydrogens (tertiary/aromatic N) is 2. The zero-order chi connectivity index (χ0) is 17.2. The molecule has 0 aromatic carbocycles. The van der Waals surface area contributed by atoms with Gasteiger partial charge in [-0.15, -0.1) is 0 Å². The summed E-state index contributed by atoms with van der Waals surface area (Å²) in [4.78, 5) is 36.2. The number of aliphatic carboxylic acids is 1. The molecule has 1 N–H and O–H groups in total. The summed E-state index contributed by atoms with van der Waals surface area (Å²) in [6, 6.07) is 3.21. The molecule has 0 atom stereocenters. The number of aryl methyl sites for hydroxylation is 1. The summed E-state index contributed by atoms with van der Waals surface area (Å²) in [6.45, 7) is 5.22. The van der Waals surface area contributed by atoms with Gasteiger partial charge in [0.2, 0.25) is 0 Å². The predicted octanol–water partition coefficient (Wildman–Crippen LogP) is 1.35. The lowest BCUT2D eigenvalue weighted by atomic mass is 10.2. The first-order valence-electron chi connectivity index (χ1n) is 7.81. The molecule has 1 aromatic heterocycles. The van der Waals surface area contributed by atoms with Crippen LogP contribution in [0, 0.1) is 0 Å². The molecule has 1 heterocycles. The zero-order valence-corrected chi connectivity index (χ0v) is 13.7. The highest BCUT2D eigenvalue weighted by Crippen LogP contribution is 2.05. The third kappa shape index (κ3) is 6.14. The Balaban J connectivity index is 2.60. The SMILES string of the molecule is CCN(CC)C(=O)COc1cccn(CCCCC(=O)O)c1=O. The molecule has 0 aliphatic rings. The lowest BCUT2D eigenvalue weighted by Gasteiger charge is -2.18. The zero-order valence-electron chi connectivity index (χ0n) is 13.7. The van der Waals surface area contributed by atoms with Crippen LogP contribution in [0.5, 0.6) is 5.75 Å². The van der Waals surface area contributed by atoms with Crippen LogP contribution in [0.25, 0.3) is 0 Å². The molecule has 0 radical (unpaired) electrons. The largest absolute Gasteiger partial charge is 0.481 e. The number of hydrogen-bond acceptors (Lipinski definition) is 4. The van der Waals surface area contributed by atoms with Crippen LogP contribution in [0.15, 0.2) is 23.1 Å². The number of unbranched alkanes of at least 4 members (excludes halogenated alkanes) is 1. The molecule has 1 rings (SSSR count). The van der Waals surface area contributed by atoms with Gasteiger partial charge in [0.05, 0.1) is 0 Å². The number of ether oxygens (including phenoxy) is 1. The molecule has 0 fully saturated rings. The van der Waals surface area contributed by atoms with Gasteiger partial charge in [0.25, 0.3) is 11.5 Å². The van der Waals surface area contributed by atoms with E-state index in [1.165, 1.54) is 10.6 Å². The van der Waals surface area contributed by atoms with Gasteiger partial charge >= 0.3 is 5.97 Å². The molecule has 1 amide bonds. The number of carbonyl (C=O) groups is 2. The molecule has 7 nitrogen and oxygen atoms in total. The summed E-state index contributed by atoms with van der Waals surface area (Å²) in [6.07, 6.45) is 2.81. The van der Waals surface area contributed by atoms with Crippen molar-refractivity contribution in [2.75, 3.05) is 19.7 Å². The first-order valence-corrected chi connectivity index (χ1v) is 7.81. The molecule has 0 saturated carbocycles. The van der Waals surface area contributed by atoms with Gasteiger partial charge in [-0.05, 0) is 38.8 Å². The summed E-state index contributed by atoms with van der Waals surface area (Å²) >= 11 is 0. The second-order valence-electron chi connectivity index (χ2n) is 5.08. The summed E-state index contributed by atoms with van der Waals surface area (Å²) in [7, 11) is 0. The van der Waals surface area contributed by atoms with Crippen molar-refractivity contribution in [3.8, 4) is 5.75 Å². The van der Waals surface area contributed by atoms with Gasteiger partial charge in [-0.3, -0.25) is 14.4 Å². The van der Waals surface area contributed by atoms with E-state index in [1.54, 1.807) is 17.2 Å². The van der Waals surface area contributed by atoms with Crippen LogP contribution >= 0.6 is 0 Å². The standard InChI is InChI=1S/C16H24N2O5/c1-3-17(4-2)14(19)12-23-13-8-7-11-18(16(13)22)10-6-5-9-15(20)21/h7-8,11H,3-6,9-10,12H2,1-2H3,(H,20,21). The summed E-state index contributed by atoms with van der Waals surface area (Å²) in [5.74, 6) is -0.873. The molecular weight excluding hydrogens is 300 g/mol. The van der Waals surface area contributed by atoms with Crippen LogP contribution in [0.3, 0.4) is 0 Å². The number of carboxylic acid groups (broad SMARTS) is 1. The average Bonchev–Trinajstić information content (AvgIpc) is 2.52. The van der Waals surface area contributed by atoms with Crippen LogP contribution in [0.2, 0.25) is 0 Å². The van der Waals surface area contributed by atoms with Gasteiger partial charge in [-0.1, -0.05) is 0 Å². The maximum Gasteiger partial charge on any atom is 0.303 e. The molecule has 0 aliphatic carbocycles. The predicted molar refractivity (Wildman–Crippen MR) is 85.6 cm³/mol. The first-order chi connectivity index (χ1) is 11.0. The Morgan fingerprint density at radius 3 is 2.57 bits per heavy atom. The maximum atomic E-state index is 12.2. The third-order valence-corrected chi connectivity index (χ3v) is 3.49. The monoisotopic (exact) mass is 324 g/mol. The molecule has 0 bridgehead atoms. The minimum absolute atomic E-state index is 0.0866. The summed E-state index contributed by atoms with van der Waals surface area (Å²) < 4.78 is 6.82. The summed E-state index contributed by atoms with van der Waals surface area (Å²) in [5, 5.41) is 8.59. The molecule has 0 spiro atoms. The Labute approximate surface area is 135 Å². The topological polar surface area (TPSA) is 88.8 Å². The number of amides is 1. The van der Waals surface area contributed by atoms with E-state index in [4.69, 9.17) is 9.84 Å². The van der Waals surface area contributed by atoms with Crippen LogP contribution in [-0.2, 0) is 16.1 Å². The van der Waals surface area contributed by atoms with E-state index in [2.05, 4.69) is 0 Å². The van der Waals surface area contributed by atoms with E-state index in [1.807, 2.05) is 13.8 Å². The number of aromatic nitrogens is 1. The third-order valence-electron chi connectivity index (χ3n) is 3.49. The van der Waals surface area contributed by atoms with Crippen molar-refractivity contribution in [3.63, 3.8) is 0 Å². The van der Waals surface area contributed by atoms with Crippen molar-refractivity contribution >= 4 is 11.9 Å². The highest BCUT2D eigenvalue weighted by atomic mass is 16.5. The van der Waals surface area contributed by atoms with Crippen LogP contribution in [-0.4, -0.2) is 46.1 Å². The number of carboxylic acids is 1. The van der Waals surface area contributed by atoms with Gasteiger partial charge in [-0.25, -0.2) is 0 Å². The van der Waals surface area contributed by atoms with Crippen molar-refractivity contribution in [2.24, 2.45) is 0 Å². The highest BCUT2D eigenvalue weighted by molar-refractivity contribution is 5.77.